The largest absolute Gasteiger partial charge is 0.506 e. The van der Waals surface area contributed by atoms with E-state index in [0.717, 1.165) is 6.07 Å². The maximum atomic E-state index is 10.1. The lowest BCUT2D eigenvalue weighted by molar-refractivity contribution is -0.384. The first-order chi connectivity index (χ1) is 8.91. The molecule has 0 unspecified atom stereocenters. The van der Waals surface area contributed by atoms with E-state index < -0.39 is 4.92 Å². The van der Waals surface area contributed by atoms with Crippen molar-refractivity contribution in [1.82, 2.24) is 0 Å². The number of phenolic OH excluding ortho intramolecular Hbond substituents is 2. The second kappa shape index (κ2) is 6.10. The number of benzene rings is 2. The summed E-state index contributed by atoms with van der Waals surface area (Å²) in [6, 6.07) is 10.2. The Labute approximate surface area is 108 Å². The molecule has 0 aromatic heterocycles. The van der Waals surface area contributed by atoms with Crippen molar-refractivity contribution < 1.29 is 15.1 Å². The molecule has 6 N–H and O–H groups in total. The lowest BCUT2D eigenvalue weighted by Crippen LogP contribution is -1.90. The molecule has 7 nitrogen and oxygen atoms in total. The molecule has 0 aliphatic rings. The molecule has 2 aromatic rings. The lowest BCUT2D eigenvalue weighted by Gasteiger charge is -1.96. The van der Waals surface area contributed by atoms with Gasteiger partial charge in [-0.15, -0.1) is 0 Å². The van der Waals surface area contributed by atoms with Crippen molar-refractivity contribution >= 4 is 17.1 Å². The predicted octanol–water partition coefficient (Wildman–Crippen LogP) is 1.86. The zero-order valence-electron chi connectivity index (χ0n) is 9.85. The Morgan fingerprint density at radius 2 is 1.53 bits per heavy atom. The van der Waals surface area contributed by atoms with E-state index in [1.165, 1.54) is 12.1 Å². The van der Waals surface area contributed by atoms with Gasteiger partial charge in [0.15, 0.2) is 0 Å². The fourth-order valence-electron chi connectivity index (χ4n) is 1.14. The van der Waals surface area contributed by atoms with E-state index in [0.29, 0.717) is 5.69 Å². The van der Waals surface area contributed by atoms with Crippen molar-refractivity contribution in [1.29, 1.82) is 0 Å². The Morgan fingerprint density at radius 3 is 1.95 bits per heavy atom. The first kappa shape index (κ1) is 14.1. The lowest BCUT2D eigenvalue weighted by atomic mass is 10.2. The third-order valence-electron chi connectivity index (χ3n) is 2.16. The van der Waals surface area contributed by atoms with Gasteiger partial charge in [-0.2, -0.15) is 0 Å². The quantitative estimate of drug-likeness (QED) is 0.268. The second-order valence-electron chi connectivity index (χ2n) is 3.56. The summed E-state index contributed by atoms with van der Waals surface area (Å²) < 4.78 is 0. The van der Waals surface area contributed by atoms with Gasteiger partial charge in [0, 0.05) is 12.1 Å². The number of nitrogens with two attached hydrogens (primary N) is 2. The van der Waals surface area contributed by atoms with Crippen molar-refractivity contribution in [3.63, 3.8) is 0 Å². The summed E-state index contributed by atoms with van der Waals surface area (Å²) in [6.45, 7) is 0. The summed E-state index contributed by atoms with van der Waals surface area (Å²) >= 11 is 0. The summed E-state index contributed by atoms with van der Waals surface area (Å²) in [6.07, 6.45) is 0. The van der Waals surface area contributed by atoms with Crippen LogP contribution in [0.3, 0.4) is 0 Å². The number of anilines is 2. The Hall–Kier alpha value is -2.96. The van der Waals surface area contributed by atoms with Gasteiger partial charge in [0.25, 0.3) is 5.69 Å². The third-order valence-corrected chi connectivity index (χ3v) is 2.16. The van der Waals surface area contributed by atoms with Crippen LogP contribution >= 0.6 is 0 Å². The zero-order chi connectivity index (χ0) is 14.4. The van der Waals surface area contributed by atoms with E-state index in [9.17, 15) is 10.1 Å². The van der Waals surface area contributed by atoms with Crippen molar-refractivity contribution in [2.75, 3.05) is 11.5 Å². The number of nitrogens with zero attached hydrogens (tertiary/aromatic N) is 1. The standard InChI is InChI=1S/C6H6N2O3.C6H7NO/c7-5-3-4(8(10)11)1-2-6(5)9;7-5-3-1-2-4-6(5)8/h1-3,9H,7H2;1-4,8H,7H2. The molecule has 19 heavy (non-hydrogen) atoms. The summed E-state index contributed by atoms with van der Waals surface area (Å²) in [5.74, 6) is 0.00287. The van der Waals surface area contributed by atoms with Gasteiger partial charge >= 0.3 is 0 Å². The fraction of sp³-hybridized carbons (Fsp3) is 0. The molecule has 2 rings (SSSR count). The maximum absolute atomic E-state index is 10.1. The number of nitrogen functional groups attached to an aromatic ring is 2. The van der Waals surface area contributed by atoms with Gasteiger partial charge in [-0.1, -0.05) is 12.1 Å². The second-order valence-corrected chi connectivity index (χ2v) is 3.56. The van der Waals surface area contributed by atoms with Crippen LogP contribution < -0.4 is 11.5 Å². The number of aromatic hydroxyl groups is 2. The van der Waals surface area contributed by atoms with Crippen LogP contribution in [0.15, 0.2) is 42.5 Å². The Balaban J connectivity index is 0.000000200. The Bertz CT molecular complexity index is 566. The summed E-state index contributed by atoms with van der Waals surface area (Å²) in [4.78, 5) is 9.56. The van der Waals surface area contributed by atoms with E-state index in [-0.39, 0.29) is 22.9 Å². The van der Waals surface area contributed by atoms with Crippen LogP contribution in [-0.4, -0.2) is 15.1 Å². The van der Waals surface area contributed by atoms with Gasteiger partial charge in [0.2, 0.25) is 0 Å². The van der Waals surface area contributed by atoms with Crippen LogP contribution in [0.25, 0.3) is 0 Å². The van der Waals surface area contributed by atoms with E-state index in [1.54, 1.807) is 24.3 Å². The van der Waals surface area contributed by atoms with E-state index in [2.05, 4.69) is 0 Å². The predicted molar refractivity (Wildman–Crippen MR) is 71.7 cm³/mol. The third kappa shape index (κ3) is 4.08. The number of hydrogen-bond acceptors (Lipinski definition) is 6. The molecule has 7 heteroatoms. The van der Waals surface area contributed by atoms with Gasteiger partial charge in [0.05, 0.1) is 16.3 Å². The molecule has 0 bridgehead atoms. The highest BCUT2D eigenvalue weighted by atomic mass is 16.6. The highest BCUT2D eigenvalue weighted by Gasteiger charge is 2.06. The molecule has 0 amide bonds. The molecule has 0 saturated heterocycles. The fourth-order valence-corrected chi connectivity index (χ4v) is 1.14. The topological polar surface area (TPSA) is 136 Å². The molecule has 100 valence electrons. The number of hydrogen-bond donors (Lipinski definition) is 4. The average molecular weight is 263 g/mol. The molecular weight excluding hydrogens is 250 g/mol. The number of nitro groups is 1. The van der Waals surface area contributed by atoms with Crippen LogP contribution in [0.1, 0.15) is 0 Å². The minimum absolute atomic E-state index is 0.0131. The summed E-state index contributed by atoms with van der Waals surface area (Å²) in [5.41, 5.74) is 10.8. The van der Waals surface area contributed by atoms with Gasteiger partial charge in [-0.05, 0) is 18.2 Å². The highest BCUT2D eigenvalue weighted by Crippen LogP contribution is 2.24. The molecule has 0 heterocycles. The molecule has 2 aromatic carbocycles. The van der Waals surface area contributed by atoms with Gasteiger partial charge in [-0.3, -0.25) is 10.1 Å². The highest BCUT2D eigenvalue weighted by molar-refractivity contribution is 5.57. The average Bonchev–Trinajstić information content (AvgIpc) is 2.37. The molecule has 0 saturated carbocycles. The molecular formula is C12H13N3O4. The molecule has 0 aliphatic carbocycles. The monoisotopic (exact) mass is 263 g/mol. The molecule has 0 spiro atoms. The van der Waals surface area contributed by atoms with Crippen molar-refractivity contribution in [3.05, 3.63) is 52.6 Å². The van der Waals surface area contributed by atoms with Gasteiger partial charge in [-0.25, -0.2) is 0 Å². The number of rotatable bonds is 1. The summed E-state index contributed by atoms with van der Waals surface area (Å²) in [5, 5.41) is 27.8. The molecule has 0 aliphatic heterocycles. The number of nitro benzene ring substituents is 1. The summed E-state index contributed by atoms with van der Waals surface area (Å²) in [7, 11) is 0. The van der Waals surface area contributed by atoms with Gasteiger partial charge in [0.1, 0.15) is 11.5 Å². The molecule has 0 radical (unpaired) electrons. The van der Waals surface area contributed by atoms with Crippen LogP contribution in [0.2, 0.25) is 0 Å². The van der Waals surface area contributed by atoms with Crippen LogP contribution in [0, 0.1) is 10.1 Å². The van der Waals surface area contributed by atoms with Gasteiger partial charge < -0.3 is 21.7 Å². The van der Waals surface area contributed by atoms with Crippen molar-refractivity contribution in [2.24, 2.45) is 0 Å². The smallest absolute Gasteiger partial charge is 0.271 e. The van der Waals surface area contributed by atoms with E-state index in [1.807, 2.05) is 0 Å². The Morgan fingerprint density at radius 1 is 0.947 bits per heavy atom. The van der Waals surface area contributed by atoms with Crippen molar-refractivity contribution in [2.45, 2.75) is 0 Å². The van der Waals surface area contributed by atoms with E-state index >= 15 is 0 Å². The van der Waals surface area contributed by atoms with Crippen LogP contribution in [0.4, 0.5) is 17.1 Å². The van der Waals surface area contributed by atoms with Crippen molar-refractivity contribution in [3.8, 4) is 11.5 Å². The first-order valence-corrected chi connectivity index (χ1v) is 5.18. The number of phenols is 2. The Kier molecular flexibility index (Phi) is 4.53. The number of non-ortho nitro benzene ring substituents is 1. The molecule has 0 atom stereocenters. The SMILES string of the molecule is Nc1cc([N+](=O)[O-])ccc1O.Nc1ccccc1O. The first-order valence-electron chi connectivity index (χ1n) is 5.18. The normalized spacial score (nSPS) is 9.26. The van der Waals surface area contributed by atoms with E-state index in [4.69, 9.17) is 21.7 Å². The van der Waals surface area contributed by atoms with Crippen LogP contribution in [-0.2, 0) is 0 Å². The zero-order valence-corrected chi connectivity index (χ0v) is 9.85. The minimum atomic E-state index is -0.574. The van der Waals surface area contributed by atoms with Crippen LogP contribution in [0.5, 0.6) is 11.5 Å². The minimum Gasteiger partial charge on any atom is -0.506 e. The maximum Gasteiger partial charge on any atom is 0.271 e. The molecule has 0 fully saturated rings. The number of para-hydroxylation sites is 2.